The number of hydrogen-bond donors (Lipinski definition) is 2. The SMILES string of the molecule is COCCNC(=O)CNc1c(Cl)cc([N+](=O)[O-])cc1Cl. The molecular formula is C11H13Cl2N3O4. The molecule has 0 aliphatic heterocycles. The normalized spacial score (nSPS) is 10.2. The van der Waals surface area contributed by atoms with Gasteiger partial charge in [-0.3, -0.25) is 14.9 Å². The largest absolute Gasteiger partial charge is 0.383 e. The van der Waals surface area contributed by atoms with Gasteiger partial charge in [0, 0.05) is 25.8 Å². The number of ether oxygens (including phenoxy) is 1. The minimum atomic E-state index is -0.598. The van der Waals surface area contributed by atoms with Gasteiger partial charge in [0.05, 0.1) is 33.8 Å². The molecule has 0 radical (unpaired) electrons. The van der Waals surface area contributed by atoms with Crippen LogP contribution in [-0.4, -0.2) is 37.6 Å². The van der Waals surface area contributed by atoms with E-state index in [1.165, 1.54) is 19.2 Å². The van der Waals surface area contributed by atoms with Crippen LogP contribution in [0.1, 0.15) is 0 Å². The van der Waals surface area contributed by atoms with Gasteiger partial charge in [-0.15, -0.1) is 0 Å². The lowest BCUT2D eigenvalue weighted by atomic mass is 10.2. The summed E-state index contributed by atoms with van der Waals surface area (Å²) in [7, 11) is 1.53. The highest BCUT2D eigenvalue weighted by Gasteiger charge is 2.15. The first-order valence-corrected chi connectivity index (χ1v) is 6.34. The number of methoxy groups -OCH3 is 1. The number of carbonyl (C=O) groups excluding carboxylic acids is 1. The first kappa shape index (κ1) is 16.5. The minimum absolute atomic E-state index is 0.0546. The first-order chi connectivity index (χ1) is 9.45. The fourth-order valence-electron chi connectivity index (χ4n) is 1.36. The molecule has 0 saturated carbocycles. The summed E-state index contributed by atoms with van der Waals surface area (Å²) in [5.41, 5.74) is 0.0657. The summed E-state index contributed by atoms with van der Waals surface area (Å²) < 4.78 is 4.79. The van der Waals surface area contributed by atoms with E-state index in [4.69, 9.17) is 27.9 Å². The number of carbonyl (C=O) groups is 1. The predicted octanol–water partition coefficient (Wildman–Crippen LogP) is 2.08. The van der Waals surface area contributed by atoms with Crippen LogP contribution in [0.25, 0.3) is 0 Å². The van der Waals surface area contributed by atoms with E-state index in [2.05, 4.69) is 10.6 Å². The lowest BCUT2D eigenvalue weighted by Crippen LogP contribution is -2.32. The Morgan fingerprint density at radius 3 is 2.50 bits per heavy atom. The van der Waals surface area contributed by atoms with E-state index in [0.717, 1.165) is 0 Å². The van der Waals surface area contributed by atoms with Gasteiger partial charge in [-0.1, -0.05) is 23.2 Å². The Kier molecular flexibility index (Phi) is 6.50. The Balaban J connectivity index is 2.64. The van der Waals surface area contributed by atoms with E-state index in [0.29, 0.717) is 13.2 Å². The molecule has 1 aromatic rings. The summed E-state index contributed by atoms with van der Waals surface area (Å²) in [5.74, 6) is -0.271. The van der Waals surface area contributed by atoms with Crippen LogP contribution in [0, 0.1) is 10.1 Å². The molecule has 20 heavy (non-hydrogen) atoms. The van der Waals surface area contributed by atoms with Crippen molar-refractivity contribution in [2.75, 3.05) is 32.1 Å². The maximum atomic E-state index is 11.5. The molecule has 110 valence electrons. The molecular weight excluding hydrogens is 309 g/mol. The molecule has 0 aliphatic rings. The Morgan fingerprint density at radius 1 is 1.40 bits per heavy atom. The Labute approximate surface area is 125 Å². The number of nitrogens with zero attached hydrogens (tertiary/aromatic N) is 1. The Morgan fingerprint density at radius 2 is 2.00 bits per heavy atom. The number of nitro groups is 1. The van der Waals surface area contributed by atoms with Gasteiger partial charge in [-0.05, 0) is 0 Å². The van der Waals surface area contributed by atoms with Crippen molar-refractivity contribution >= 4 is 40.5 Å². The molecule has 0 bridgehead atoms. The molecule has 1 aromatic carbocycles. The molecule has 0 unspecified atom stereocenters. The van der Waals surface area contributed by atoms with E-state index in [9.17, 15) is 14.9 Å². The van der Waals surface area contributed by atoms with Crippen LogP contribution >= 0.6 is 23.2 Å². The summed E-state index contributed by atoms with van der Waals surface area (Å²) in [6.07, 6.45) is 0. The summed E-state index contributed by atoms with van der Waals surface area (Å²) in [6.45, 7) is 0.741. The average molecular weight is 322 g/mol. The highest BCUT2D eigenvalue weighted by atomic mass is 35.5. The molecule has 0 fully saturated rings. The monoisotopic (exact) mass is 321 g/mol. The van der Waals surface area contributed by atoms with Crippen LogP contribution < -0.4 is 10.6 Å². The predicted molar refractivity (Wildman–Crippen MR) is 76.5 cm³/mol. The van der Waals surface area contributed by atoms with Crippen LogP contribution in [0.2, 0.25) is 10.0 Å². The highest BCUT2D eigenvalue weighted by Crippen LogP contribution is 2.34. The molecule has 0 atom stereocenters. The van der Waals surface area contributed by atoms with E-state index in [-0.39, 0.29) is 33.9 Å². The highest BCUT2D eigenvalue weighted by molar-refractivity contribution is 6.39. The van der Waals surface area contributed by atoms with Crippen molar-refractivity contribution in [3.8, 4) is 0 Å². The van der Waals surface area contributed by atoms with Crippen LogP contribution in [0.15, 0.2) is 12.1 Å². The maximum Gasteiger partial charge on any atom is 0.272 e. The fourth-order valence-corrected chi connectivity index (χ4v) is 1.97. The Hall–Kier alpha value is -1.57. The number of non-ortho nitro benzene ring substituents is 1. The van der Waals surface area contributed by atoms with Crippen molar-refractivity contribution in [3.05, 3.63) is 32.3 Å². The molecule has 0 saturated heterocycles. The molecule has 2 N–H and O–H groups in total. The molecule has 7 nitrogen and oxygen atoms in total. The summed E-state index contributed by atoms with van der Waals surface area (Å²) >= 11 is 11.8. The number of anilines is 1. The zero-order valence-corrected chi connectivity index (χ0v) is 12.1. The van der Waals surface area contributed by atoms with Crippen molar-refractivity contribution in [1.29, 1.82) is 0 Å². The van der Waals surface area contributed by atoms with Crippen molar-refractivity contribution in [1.82, 2.24) is 5.32 Å². The summed E-state index contributed by atoms with van der Waals surface area (Å²) in [6, 6.07) is 2.33. The number of hydrogen-bond acceptors (Lipinski definition) is 5. The van der Waals surface area contributed by atoms with E-state index >= 15 is 0 Å². The van der Waals surface area contributed by atoms with Crippen molar-refractivity contribution < 1.29 is 14.5 Å². The second kappa shape index (κ2) is 7.88. The third-order valence-electron chi connectivity index (χ3n) is 2.29. The number of rotatable bonds is 7. The third-order valence-corrected chi connectivity index (χ3v) is 2.89. The van der Waals surface area contributed by atoms with Crippen molar-refractivity contribution in [2.24, 2.45) is 0 Å². The van der Waals surface area contributed by atoms with E-state index < -0.39 is 4.92 Å². The van der Waals surface area contributed by atoms with Crippen LogP contribution in [0.4, 0.5) is 11.4 Å². The number of halogens is 2. The first-order valence-electron chi connectivity index (χ1n) is 5.58. The number of nitrogens with one attached hydrogen (secondary N) is 2. The molecule has 9 heteroatoms. The van der Waals surface area contributed by atoms with Gasteiger partial charge in [0.15, 0.2) is 0 Å². The van der Waals surface area contributed by atoms with Crippen LogP contribution in [-0.2, 0) is 9.53 Å². The number of amides is 1. The molecule has 0 aromatic heterocycles. The van der Waals surface area contributed by atoms with Gasteiger partial charge < -0.3 is 15.4 Å². The summed E-state index contributed by atoms with van der Waals surface area (Å²) in [5, 5.41) is 16.1. The van der Waals surface area contributed by atoms with E-state index in [1.54, 1.807) is 0 Å². The smallest absolute Gasteiger partial charge is 0.272 e. The van der Waals surface area contributed by atoms with Gasteiger partial charge in [0.25, 0.3) is 5.69 Å². The molecule has 0 heterocycles. The zero-order chi connectivity index (χ0) is 15.1. The van der Waals surface area contributed by atoms with Crippen LogP contribution in [0.5, 0.6) is 0 Å². The van der Waals surface area contributed by atoms with Gasteiger partial charge in [-0.2, -0.15) is 0 Å². The second-order valence-corrected chi connectivity index (χ2v) is 4.55. The topological polar surface area (TPSA) is 93.5 Å². The van der Waals surface area contributed by atoms with Gasteiger partial charge in [0.1, 0.15) is 0 Å². The standard InChI is InChI=1S/C11H13Cl2N3O4/c1-20-3-2-14-10(17)6-15-11-8(12)4-7(16(18)19)5-9(11)13/h4-5,15H,2-3,6H2,1H3,(H,14,17). The van der Waals surface area contributed by atoms with Gasteiger partial charge in [0.2, 0.25) is 5.91 Å². The fraction of sp³-hybridized carbons (Fsp3) is 0.364. The quantitative estimate of drug-likeness (QED) is 0.455. The molecule has 1 amide bonds. The lowest BCUT2D eigenvalue weighted by Gasteiger charge is -2.10. The second-order valence-electron chi connectivity index (χ2n) is 3.74. The van der Waals surface area contributed by atoms with Crippen LogP contribution in [0.3, 0.4) is 0 Å². The zero-order valence-electron chi connectivity index (χ0n) is 10.6. The maximum absolute atomic E-state index is 11.5. The number of nitro benzene ring substituents is 1. The lowest BCUT2D eigenvalue weighted by molar-refractivity contribution is -0.384. The van der Waals surface area contributed by atoms with Gasteiger partial charge >= 0.3 is 0 Å². The minimum Gasteiger partial charge on any atom is -0.383 e. The van der Waals surface area contributed by atoms with E-state index in [1.807, 2.05) is 0 Å². The summed E-state index contributed by atoms with van der Waals surface area (Å²) in [4.78, 5) is 21.5. The van der Waals surface area contributed by atoms with Crippen molar-refractivity contribution in [2.45, 2.75) is 0 Å². The third kappa shape index (κ3) is 4.84. The van der Waals surface area contributed by atoms with Gasteiger partial charge in [-0.25, -0.2) is 0 Å². The average Bonchev–Trinajstić information content (AvgIpc) is 2.37. The molecule has 0 aliphatic carbocycles. The molecule has 0 spiro atoms. The van der Waals surface area contributed by atoms with Crippen molar-refractivity contribution in [3.63, 3.8) is 0 Å². The molecule has 1 rings (SSSR count). The number of benzene rings is 1. The Bertz CT molecular complexity index is 487.